The highest BCUT2D eigenvalue weighted by Crippen LogP contribution is 2.34. The second kappa shape index (κ2) is 8.27. The van der Waals surface area contributed by atoms with Crippen molar-refractivity contribution in [2.75, 3.05) is 19.0 Å². The van der Waals surface area contributed by atoms with Gasteiger partial charge in [0.05, 0.1) is 12.7 Å². The predicted octanol–water partition coefficient (Wildman–Crippen LogP) is 2.95. The maximum absolute atomic E-state index is 13.1. The number of rotatable bonds is 6. The molecule has 1 aliphatic rings. The number of carbonyl (C=O) groups is 4. The minimum atomic E-state index is -1.20. The number of esters is 1. The van der Waals surface area contributed by atoms with E-state index in [0.717, 1.165) is 9.78 Å². The molecule has 2 aromatic rings. The van der Waals surface area contributed by atoms with Gasteiger partial charge in [0.2, 0.25) is 5.91 Å². The second-order valence-corrected chi connectivity index (χ2v) is 8.20. The third kappa shape index (κ3) is 3.56. The monoisotopic (exact) mass is 429 g/mol. The van der Waals surface area contributed by atoms with Crippen molar-refractivity contribution in [3.05, 3.63) is 51.9 Å². The highest BCUT2D eigenvalue weighted by Gasteiger charge is 2.51. The molecule has 3 rings (SSSR count). The van der Waals surface area contributed by atoms with Crippen LogP contribution in [0.4, 0.5) is 9.80 Å². The van der Waals surface area contributed by atoms with E-state index in [0.29, 0.717) is 22.5 Å². The fourth-order valence-electron chi connectivity index (χ4n) is 3.50. The number of carbonyl (C=O) groups excluding carboxylic acids is 4. The summed E-state index contributed by atoms with van der Waals surface area (Å²) in [5, 5.41) is 5.72. The minimum absolute atomic E-state index is 0.276. The van der Waals surface area contributed by atoms with Gasteiger partial charge in [-0.15, -0.1) is 11.3 Å². The number of benzene rings is 1. The summed E-state index contributed by atoms with van der Waals surface area (Å²) in [5.74, 6) is -1.62. The van der Waals surface area contributed by atoms with Crippen LogP contribution in [0.15, 0.2) is 30.3 Å². The first-order valence-electron chi connectivity index (χ1n) is 9.43. The van der Waals surface area contributed by atoms with Crippen LogP contribution in [-0.4, -0.2) is 42.4 Å². The van der Waals surface area contributed by atoms with E-state index in [9.17, 15) is 19.2 Å². The van der Waals surface area contributed by atoms with Crippen molar-refractivity contribution in [1.29, 1.82) is 0 Å². The molecule has 1 aliphatic heterocycles. The van der Waals surface area contributed by atoms with Crippen LogP contribution < -0.4 is 10.6 Å². The van der Waals surface area contributed by atoms with Crippen molar-refractivity contribution < 1.29 is 23.9 Å². The van der Waals surface area contributed by atoms with Crippen LogP contribution in [0.1, 0.15) is 39.7 Å². The molecule has 0 radical (unpaired) electrons. The molecule has 0 spiro atoms. The molecule has 0 unspecified atom stereocenters. The average molecular weight is 429 g/mol. The number of hydrogen-bond acceptors (Lipinski definition) is 6. The van der Waals surface area contributed by atoms with Crippen molar-refractivity contribution in [3.63, 3.8) is 0 Å². The number of hydrogen-bond donors (Lipinski definition) is 2. The molecule has 158 valence electrons. The van der Waals surface area contributed by atoms with E-state index >= 15 is 0 Å². The summed E-state index contributed by atoms with van der Waals surface area (Å²) in [5.41, 5.74) is 0.446. The number of amides is 4. The van der Waals surface area contributed by atoms with Gasteiger partial charge in [-0.2, -0.15) is 0 Å². The van der Waals surface area contributed by atoms with Crippen molar-refractivity contribution in [2.45, 2.75) is 32.7 Å². The molecule has 30 heavy (non-hydrogen) atoms. The number of imide groups is 1. The Balaban J connectivity index is 1.81. The molecule has 2 heterocycles. The van der Waals surface area contributed by atoms with Gasteiger partial charge in [-0.3, -0.25) is 14.5 Å². The molecule has 1 aromatic carbocycles. The molecular weight excluding hydrogens is 406 g/mol. The predicted molar refractivity (Wildman–Crippen MR) is 112 cm³/mol. The van der Waals surface area contributed by atoms with E-state index in [1.165, 1.54) is 18.4 Å². The highest BCUT2D eigenvalue weighted by molar-refractivity contribution is 7.16. The summed E-state index contributed by atoms with van der Waals surface area (Å²) in [6.07, 6.45) is 0.343. The Kier molecular flexibility index (Phi) is 5.93. The molecule has 0 aliphatic carbocycles. The van der Waals surface area contributed by atoms with Crippen LogP contribution in [0.5, 0.6) is 0 Å². The van der Waals surface area contributed by atoms with E-state index in [1.54, 1.807) is 38.1 Å². The zero-order valence-electron chi connectivity index (χ0n) is 17.2. The van der Waals surface area contributed by atoms with Crippen molar-refractivity contribution in [2.24, 2.45) is 0 Å². The zero-order valence-corrected chi connectivity index (χ0v) is 18.0. The smallest absolute Gasteiger partial charge is 0.341 e. The number of ether oxygens (including phenoxy) is 1. The molecule has 4 amide bonds. The van der Waals surface area contributed by atoms with Gasteiger partial charge in [0.25, 0.3) is 5.91 Å². The van der Waals surface area contributed by atoms with Gasteiger partial charge in [-0.1, -0.05) is 37.3 Å². The number of aryl methyl sites for hydroxylation is 1. The standard InChI is InChI=1S/C21H23N3O5S/c1-5-21(14-9-7-6-8-10-14)19(27)24(20(28)23-21)11-15(25)22-17-16(18(26)29-4)12(2)13(3)30-17/h6-10H,5,11H2,1-4H3,(H,22,25)(H,23,28)/t21-/m1/s1. The summed E-state index contributed by atoms with van der Waals surface area (Å²) in [6.45, 7) is 4.93. The van der Waals surface area contributed by atoms with Gasteiger partial charge in [0, 0.05) is 4.88 Å². The van der Waals surface area contributed by atoms with Gasteiger partial charge in [-0.25, -0.2) is 9.59 Å². The first kappa shape index (κ1) is 21.5. The Labute approximate surface area is 178 Å². The maximum atomic E-state index is 13.1. The molecule has 1 atom stereocenters. The lowest BCUT2D eigenvalue weighted by Crippen LogP contribution is -2.44. The number of anilines is 1. The largest absolute Gasteiger partial charge is 0.465 e. The van der Waals surface area contributed by atoms with Crippen LogP contribution in [0, 0.1) is 13.8 Å². The quantitative estimate of drug-likeness (QED) is 0.543. The average Bonchev–Trinajstić information content (AvgIpc) is 3.15. The molecule has 0 bridgehead atoms. The number of thiophene rings is 1. The molecule has 0 saturated carbocycles. The lowest BCUT2D eigenvalue weighted by Gasteiger charge is -2.25. The van der Waals surface area contributed by atoms with E-state index in [2.05, 4.69) is 10.6 Å². The van der Waals surface area contributed by atoms with Crippen LogP contribution in [-0.2, 0) is 19.9 Å². The molecule has 9 heteroatoms. The number of nitrogens with zero attached hydrogens (tertiary/aromatic N) is 1. The van der Waals surface area contributed by atoms with Gasteiger partial charge in [0.1, 0.15) is 17.1 Å². The SMILES string of the molecule is CC[C@]1(c2ccccc2)NC(=O)N(CC(=O)Nc2sc(C)c(C)c2C(=O)OC)C1=O. The summed E-state index contributed by atoms with van der Waals surface area (Å²) < 4.78 is 4.80. The molecule has 1 aromatic heterocycles. The van der Waals surface area contributed by atoms with Gasteiger partial charge >= 0.3 is 12.0 Å². The van der Waals surface area contributed by atoms with E-state index < -0.39 is 35.9 Å². The van der Waals surface area contributed by atoms with Crippen LogP contribution in [0.2, 0.25) is 0 Å². The third-order valence-corrected chi connectivity index (χ3v) is 6.42. The topological polar surface area (TPSA) is 105 Å². The highest BCUT2D eigenvalue weighted by atomic mass is 32.1. The number of urea groups is 1. The van der Waals surface area contributed by atoms with Gasteiger partial charge < -0.3 is 15.4 Å². The Morgan fingerprint density at radius 3 is 2.47 bits per heavy atom. The van der Waals surface area contributed by atoms with E-state index in [1.807, 2.05) is 13.0 Å². The number of methoxy groups -OCH3 is 1. The molecular formula is C21H23N3O5S. The molecule has 1 saturated heterocycles. The van der Waals surface area contributed by atoms with Crippen molar-refractivity contribution in [3.8, 4) is 0 Å². The minimum Gasteiger partial charge on any atom is -0.465 e. The van der Waals surface area contributed by atoms with Gasteiger partial charge in [-0.05, 0) is 31.4 Å². The summed E-state index contributed by atoms with van der Waals surface area (Å²) >= 11 is 1.24. The Morgan fingerprint density at radius 2 is 1.87 bits per heavy atom. The fraction of sp³-hybridized carbons (Fsp3) is 0.333. The van der Waals surface area contributed by atoms with Gasteiger partial charge in [0.15, 0.2) is 0 Å². The van der Waals surface area contributed by atoms with E-state index in [-0.39, 0.29) is 5.56 Å². The molecule has 2 N–H and O–H groups in total. The maximum Gasteiger partial charge on any atom is 0.341 e. The van der Waals surface area contributed by atoms with E-state index in [4.69, 9.17) is 4.74 Å². The fourth-order valence-corrected chi connectivity index (χ4v) is 4.57. The number of nitrogens with one attached hydrogen (secondary N) is 2. The lowest BCUT2D eigenvalue weighted by atomic mass is 9.87. The zero-order chi connectivity index (χ0) is 22.1. The molecule has 1 fully saturated rings. The summed E-state index contributed by atoms with van der Waals surface area (Å²) in [7, 11) is 1.27. The first-order chi connectivity index (χ1) is 14.2. The van der Waals surface area contributed by atoms with Crippen LogP contribution in [0.25, 0.3) is 0 Å². The lowest BCUT2D eigenvalue weighted by molar-refractivity contribution is -0.134. The van der Waals surface area contributed by atoms with Crippen LogP contribution >= 0.6 is 11.3 Å². The Bertz CT molecular complexity index is 1020. The van der Waals surface area contributed by atoms with Crippen molar-refractivity contribution >= 4 is 40.2 Å². The second-order valence-electron chi connectivity index (χ2n) is 6.97. The first-order valence-corrected chi connectivity index (χ1v) is 10.2. The molecule has 8 nitrogen and oxygen atoms in total. The Hall–Kier alpha value is -3.20. The van der Waals surface area contributed by atoms with Crippen LogP contribution in [0.3, 0.4) is 0 Å². The summed E-state index contributed by atoms with van der Waals surface area (Å²) in [4.78, 5) is 52.2. The normalized spacial score (nSPS) is 18.3. The summed E-state index contributed by atoms with van der Waals surface area (Å²) in [6, 6.07) is 8.31. The Morgan fingerprint density at radius 1 is 1.20 bits per heavy atom. The van der Waals surface area contributed by atoms with Crippen molar-refractivity contribution in [1.82, 2.24) is 10.2 Å². The third-order valence-electron chi connectivity index (χ3n) is 5.30.